The molecule has 4 aromatic carbocycles. The van der Waals surface area contributed by atoms with Crippen molar-refractivity contribution in [2.45, 2.75) is 13.0 Å². The third-order valence-electron chi connectivity index (χ3n) is 8.72. The summed E-state index contributed by atoms with van der Waals surface area (Å²) in [6.07, 6.45) is 2.30. The van der Waals surface area contributed by atoms with Crippen LogP contribution < -0.4 is 16.0 Å². The topological polar surface area (TPSA) is 98.6 Å². The lowest BCUT2D eigenvalue weighted by Crippen LogP contribution is -2.43. The van der Waals surface area contributed by atoms with E-state index in [1.54, 1.807) is 0 Å². The molecule has 2 aromatic heterocycles. The summed E-state index contributed by atoms with van der Waals surface area (Å²) in [7, 11) is 2.17. The number of carbonyl (C=O) groups is 1. The number of rotatable bonds is 10. The van der Waals surface area contributed by atoms with Gasteiger partial charge in [0, 0.05) is 61.8 Å². The number of carbonyl (C=O) groups excluding carboxylic acids is 1. The van der Waals surface area contributed by atoms with Crippen LogP contribution in [0.1, 0.15) is 11.1 Å². The summed E-state index contributed by atoms with van der Waals surface area (Å²) in [5.41, 5.74) is 7.41. The number of aromatic nitrogens is 2. The first-order valence-corrected chi connectivity index (χ1v) is 16.4. The van der Waals surface area contributed by atoms with E-state index in [2.05, 4.69) is 67.0 Å². The summed E-state index contributed by atoms with van der Waals surface area (Å²) in [6.45, 7) is 5.95. The van der Waals surface area contributed by atoms with Gasteiger partial charge in [0.2, 0.25) is 5.71 Å². The van der Waals surface area contributed by atoms with Crippen LogP contribution in [0.4, 0.5) is 22.0 Å². The van der Waals surface area contributed by atoms with Crippen molar-refractivity contribution in [1.82, 2.24) is 19.8 Å². The highest BCUT2D eigenvalue weighted by Gasteiger charge is 2.22. The normalized spacial score (nSPS) is 13.8. The molecule has 9 heteroatoms. The number of amides is 2. The zero-order chi connectivity index (χ0) is 32.7. The minimum Gasteiger partial charge on any atom is -0.437 e. The van der Waals surface area contributed by atoms with Gasteiger partial charge in [-0.3, -0.25) is 4.90 Å². The van der Waals surface area contributed by atoms with Crippen molar-refractivity contribution in [3.8, 4) is 22.5 Å². The van der Waals surface area contributed by atoms with Gasteiger partial charge < -0.3 is 25.3 Å². The molecule has 0 unspecified atom stereocenters. The highest BCUT2D eigenvalue weighted by atomic mass is 16.3. The first-order chi connectivity index (χ1) is 23.6. The third kappa shape index (κ3) is 7.38. The molecule has 7 rings (SSSR count). The number of hydrogen-bond donors (Lipinski definition) is 3. The van der Waals surface area contributed by atoms with Gasteiger partial charge in [0.05, 0.1) is 5.39 Å². The number of nitrogens with one attached hydrogen (secondary N) is 3. The second-order valence-corrected chi connectivity index (χ2v) is 12.2. The zero-order valence-corrected chi connectivity index (χ0v) is 27.0. The molecule has 242 valence electrons. The van der Waals surface area contributed by atoms with Crippen LogP contribution in [0.2, 0.25) is 0 Å². The summed E-state index contributed by atoms with van der Waals surface area (Å²) >= 11 is 0. The van der Waals surface area contributed by atoms with Crippen molar-refractivity contribution >= 4 is 34.3 Å². The molecule has 6 aromatic rings. The van der Waals surface area contributed by atoms with Crippen molar-refractivity contribution in [1.29, 1.82) is 0 Å². The van der Waals surface area contributed by atoms with Gasteiger partial charge in [-0.1, -0.05) is 84.9 Å². The van der Waals surface area contributed by atoms with Gasteiger partial charge in [0.1, 0.15) is 17.9 Å². The highest BCUT2D eigenvalue weighted by Crippen LogP contribution is 2.42. The van der Waals surface area contributed by atoms with Gasteiger partial charge in [-0.2, -0.15) is 0 Å². The quantitative estimate of drug-likeness (QED) is 0.142. The van der Waals surface area contributed by atoms with Crippen molar-refractivity contribution in [3.05, 3.63) is 127 Å². The monoisotopic (exact) mass is 637 g/mol. The second-order valence-electron chi connectivity index (χ2n) is 12.2. The van der Waals surface area contributed by atoms with E-state index in [4.69, 9.17) is 4.42 Å². The Bertz CT molecular complexity index is 1950. The molecule has 1 aliphatic heterocycles. The second kappa shape index (κ2) is 14.5. The van der Waals surface area contributed by atoms with Crippen LogP contribution in [0.15, 0.2) is 120 Å². The van der Waals surface area contributed by atoms with E-state index in [9.17, 15) is 4.79 Å². The molecule has 3 N–H and O–H groups in total. The molecule has 1 aliphatic rings. The van der Waals surface area contributed by atoms with Crippen molar-refractivity contribution in [2.24, 2.45) is 0 Å². The first kappa shape index (κ1) is 31.1. The summed E-state index contributed by atoms with van der Waals surface area (Å²) in [4.78, 5) is 26.6. The Morgan fingerprint density at radius 1 is 0.729 bits per heavy atom. The Kier molecular flexibility index (Phi) is 9.40. The van der Waals surface area contributed by atoms with Crippen LogP contribution in [-0.2, 0) is 13.0 Å². The molecule has 48 heavy (non-hydrogen) atoms. The number of hydrogen-bond acceptors (Lipinski definition) is 7. The lowest BCUT2D eigenvalue weighted by molar-refractivity contribution is 0.148. The van der Waals surface area contributed by atoms with E-state index in [-0.39, 0.29) is 6.03 Å². The fraction of sp³-hybridized carbons (Fsp3) is 0.205. The van der Waals surface area contributed by atoms with Gasteiger partial charge in [0.15, 0.2) is 0 Å². The first-order valence-electron chi connectivity index (χ1n) is 16.4. The lowest BCUT2D eigenvalue weighted by Gasteiger charge is -2.32. The molecule has 3 heterocycles. The maximum atomic E-state index is 12.7. The summed E-state index contributed by atoms with van der Waals surface area (Å²) in [6, 6.07) is 36.0. The molecule has 0 bridgehead atoms. The Morgan fingerprint density at radius 3 is 1.98 bits per heavy atom. The highest BCUT2D eigenvalue weighted by molar-refractivity contribution is 6.05. The number of fused-ring (bicyclic) bond motifs is 1. The third-order valence-corrected chi connectivity index (χ3v) is 8.72. The molecule has 2 amide bonds. The predicted molar refractivity (Wildman–Crippen MR) is 193 cm³/mol. The van der Waals surface area contributed by atoms with Crippen LogP contribution in [-0.4, -0.2) is 65.6 Å². The van der Waals surface area contributed by atoms with E-state index in [0.29, 0.717) is 12.3 Å². The molecule has 9 nitrogen and oxygen atoms in total. The van der Waals surface area contributed by atoms with Crippen LogP contribution in [0.3, 0.4) is 0 Å². The Labute approximate surface area is 280 Å². The molecule has 0 spiro atoms. The van der Waals surface area contributed by atoms with Gasteiger partial charge >= 0.3 is 6.03 Å². The van der Waals surface area contributed by atoms with Crippen molar-refractivity contribution in [3.63, 3.8) is 0 Å². The summed E-state index contributed by atoms with van der Waals surface area (Å²) in [5, 5.41) is 10.3. The van der Waals surface area contributed by atoms with Crippen molar-refractivity contribution in [2.75, 3.05) is 55.7 Å². The number of likely N-dealkylation sites (N-methyl/N-ethyl adjacent to an activating group) is 1. The smallest absolute Gasteiger partial charge is 0.323 e. The largest absolute Gasteiger partial charge is 0.437 e. The van der Waals surface area contributed by atoms with E-state index in [1.807, 2.05) is 84.9 Å². The molecule has 0 atom stereocenters. The van der Waals surface area contributed by atoms with Gasteiger partial charge in [-0.15, -0.1) is 0 Å². The SMILES string of the molecule is CN1CCN(Cc2ccc(NC(=O)Nc3ccc(CCNc4ncnc5oc(-c6ccccc6)c(-c6ccccc6)c45)cc3)cc2)CC1. The van der Waals surface area contributed by atoms with Gasteiger partial charge in [0.25, 0.3) is 0 Å². The molecular weight excluding hydrogens is 598 g/mol. The minimum absolute atomic E-state index is 0.270. The number of piperazine rings is 1. The molecular formula is C39H39N7O2. The fourth-order valence-corrected chi connectivity index (χ4v) is 6.07. The molecule has 1 saturated heterocycles. The van der Waals surface area contributed by atoms with E-state index in [0.717, 1.165) is 89.7 Å². The number of urea groups is 1. The molecule has 1 fully saturated rings. The Balaban J connectivity index is 0.959. The maximum Gasteiger partial charge on any atom is 0.323 e. The number of furan rings is 1. The molecule has 0 saturated carbocycles. The Morgan fingerprint density at radius 2 is 1.33 bits per heavy atom. The lowest BCUT2D eigenvalue weighted by atomic mass is 9.99. The molecule has 0 aliphatic carbocycles. The number of benzene rings is 4. The van der Waals surface area contributed by atoms with Gasteiger partial charge in [-0.25, -0.2) is 14.8 Å². The summed E-state index contributed by atoms with van der Waals surface area (Å²) in [5.74, 6) is 1.50. The number of nitrogens with zero attached hydrogens (tertiary/aromatic N) is 4. The van der Waals surface area contributed by atoms with E-state index in [1.165, 1.54) is 11.9 Å². The van der Waals surface area contributed by atoms with Crippen LogP contribution >= 0.6 is 0 Å². The fourth-order valence-electron chi connectivity index (χ4n) is 6.07. The zero-order valence-electron chi connectivity index (χ0n) is 27.0. The average Bonchev–Trinajstić information content (AvgIpc) is 3.52. The maximum absolute atomic E-state index is 12.7. The average molecular weight is 638 g/mol. The Hall–Kier alpha value is -5.51. The standard InChI is InChI=1S/C39H39N7O2/c1-45-22-24-46(25-23-45)26-29-14-18-33(19-15-29)44-39(47)43-32-16-12-28(13-17-32)20-21-40-37-35-34(30-8-4-2-5-9-30)36(31-10-6-3-7-11-31)48-38(35)42-27-41-37/h2-19,27H,20-26H2,1H3,(H,40,41,42)(H2,43,44,47). The predicted octanol–water partition coefficient (Wildman–Crippen LogP) is 7.60. The van der Waals surface area contributed by atoms with Crippen LogP contribution in [0, 0.1) is 0 Å². The van der Waals surface area contributed by atoms with Crippen molar-refractivity contribution < 1.29 is 9.21 Å². The minimum atomic E-state index is -0.270. The molecule has 0 radical (unpaired) electrons. The van der Waals surface area contributed by atoms with Crippen LogP contribution in [0.5, 0.6) is 0 Å². The summed E-state index contributed by atoms with van der Waals surface area (Å²) < 4.78 is 6.33. The van der Waals surface area contributed by atoms with Crippen LogP contribution in [0.25, 0.3) is 33.6 Å². The van der Waals surface area contributed by atoms with E-state index < -0.39 is 0 Å². The number of anilines is 3. The van der Waals surface area contributed by atoms with Gasteiger partial charge in [-0.05, 0) is 54.4 Å². The van der Waals surface area contributed by atoms with E-state index >= 15 is 0 Å².